The fourth-order valence-electron chi connectivity index (χ4n) is 5.12. The summed E-state index contributed by atoms with van der Waals surface area (Å²) in [6, 6.07) is 0.626. The van der Waals surface area contributed by atoms with Gasteiger partial charge >= 0.3 is 0 Å². The van der Waals surface area contributed by atoms with Crippen molar-refractivity contribution in [2.24, 2.45) is 5.92 Å². The highest BCUT2D eigenvalue weighted by Crippen LogP contribution is 2.39. The SMILES string of the molecule is CC[C@H]1C(=O)N(C)c2cnc(N[C@@H](C)C3CCNCC3)nc2N1C1CCCC1. The first-order valence-electron chi connectivity index (χ1n) is 11.0. The van der Waals surface area contributed by atoms with E-state index < -0.39 is 0 Å². The van der Waals surface area contributed by atoms with E-state index in [0.717, 1.165) is 43.9 Å². The van der Waals surface area contributed by atoms with Crippen LogP contribution in [-0.4, -0.2) is 54.1 Å². The smallest absolute Gasteiger partial charge is 0.249 e. The molecule has 1 aromatic heterocycles. The van der Waals surface area contributed by atoms with E-state index >= 15 is 0 Å². The Labute approximate surface area is 168 Å². The monoisotopic (exact) mass is 386 g/mol. The Morgan fingerprint density at radius 2 is 1.96 bits per heavy atom. The number of amides is 1. The van der Waals surface area contributed by atoms with E-state index in [1.54, 1.807) is 4.90 Å². The summed E-state index contributed by atoms with van der Waals surface area (Å²) in [6.45, 7) is 6.51. The third-order valence-electron chi connectivity index (χ3n) is 6.86. The lowest BCUT2D eigenvalue weighted by molar-refractivity contribution is -0.120. The Hall–Kier alpha value is -1.89. The van der Waals surface area contributed by atoms with Crippen LogP contribution in [0.4, 0.5) is 17.5 Å². The van der Waals surface area contributed by atoms with Crippen molar-refractivity contribution >= 4 is 23.4 Å². The quantitative estimate of drug-likeness (QED) is 0.811. The molecule has 3 aliphatic rings. The van der Waals surface area contributed by atoms with E-state index in [4.69, 9.17) is 4.98 Å². The van der Waals surface area contributed by atoms with Crippen molar-refractivity contribution in [1.82, 2.24) is 15.3 Å². The molecule has 2 aliphatic heterocycles. The van der Waals surface area contributed by atoms with Gasteiger partial charge in [-0.1, -0.05) is 19.8 Å². The minimum absolute atomic E-state index is 0.120. The number of anilines is 3. The van der Waals surface area contributed by atoms with Crippen molar-refractivity contribution in [3.05, 3.63) is 6.20 Å². The number of nitrogens with one attached hydrogen (secondary N) is 2. The van der Waals surface area contributed by atoms with Gasteiger partial charge < -0.3 is 20.4 Å². The van der Waals surface area contributed by atoms with Crippen LogP contribution in [0.2, 0.25) is 0 Å². The van der Waals surface area contributed by atoms with Crippen LogP contribution < -0.4 is 20.4 Å². The largest absolute Gasteiger partial charge is 0.351 e. The van der Waals surface area contributed by atoms with Crippen molar-refractivity contribution in [3.63, 3.8) is 0 Å². The number of hydrogen-bond donors (Lipinski definition) is 2. The molecule has 1 saturated carbocycles. The van der Waals surface area contributed by atoms with Crippen molar-refractivity contribution in [1.29, 1.82) is 0 Å². The van der Waals surface area contributed by atoms with Crippen LogP contribution in [-0.2, 0) is 4.79 Å². The van der Waals surface area contributed by atoms with Gasteiger partial charge in [0.15, 0.2) is 5.82 Å². The van der Waals surface area contributed by atoms with Gasteiger partial charge in [-0.05, 0) is 58.0 Å². The molecule has 0 radical (unpaired) electrons. The highest BCUT2D eigenvalue weighted by atomic mass is 16.2. The van der Waals surface area contributed by atoms with E-state index in [1.165, 1.54) is 25.7 Å². The second-order valence-electron chi connectivity index (χ2n) is 8.59. The second kappa shape index (κ2) is 8.23. The van der Waals surface area contributed by atoms with Gasteiger partial charge in [-0.3, -0.25) is 4.79 Å². The van der Waals surface area contributed by atoms with Gasteiger partial charge in [-0.2, -0.15) is 4.98 Å². The second-order valence-corrected chi connectivity index (χ2v) is 8.59. The Balaban J connectivity index is 1.62. The molecule has 0 aromatic carbocycles. The molecule has 0 spiro atoms. The molecule has 1 aromatic rings. The topological polar surface area (TPSA) is 73.4 Å². The lowest BCUT2D eigenvalue weighted by atomic mass is 9.91. The summed E-state index contributed by atoms with van der Waals surface area (Å²) in [7, 11) is 1.85. The van der Waals surface area contributed by atoms with Crippen LogP contribution in [0, 0.1) is 5.92 Å². The number of hydrogen-bond acceptors (Lipinski definition) is 6. The zero-order valence-electron chi connectivity index (χ0n) is 17.4. The van der Waals surface area contributed by atoms with Crippen LogP contribution in [0.15, 0.2) is 6.20 Å². The number of carbonyl (C=O) groups excluding carboxylic acids is 1. The number of rotatable bonds is 5. The summed E-state index contributed by atoms with van der Waals surface area (Å²) >= 11 is 0. The predicted octanol–water partition coefficient (Wildman–Crippen LogP) is 2.78. The molecule has 1 saturated heterocycles. The van der Waals surface area contributed by atoms with Crippen molar-refractivity contribution in [2.75, 3.05) is 35.3 Å². The summed E-state index contributed by atoms with van der Waals surface area (Å²) in [5.41, 5.74) is 0.835. The minimum Gasteiger partial charge on any atom is -0.351 e. The number of piperidine rings is 1. The Morgan fingerprint density at radius 1 is 1.25 bits per heavy atom. The van der Waals surface area contributed by atoms with Crippen LogP contribution in [0.1, 0.15) is 58.8 Å². The standard InChI is InChI=1S/C21H34N6O/c1-4-17-20(28)26(3)18-13-23-21(24-14(2)15-9-11-22-12-10-15)25-19(18)27(17)16-7-5-6-8-16/h13-17,22H,4-12H2,1-3H3,(H,23,24,25)/t14-,17-/m0/s1. The molecule has 2 atom stereocenters. The maximum Gasteiger partial charge on any atom is 0.249 e. The number of nitrogens with zero attached hydrogens (tertiary/aromatic N) is 4. The molecular weight excluding hydrogens is 352 g/mol. The Bertz CT molecular complexity index is 698. The molecular formula is C21H34N6O. The van der Waals surface area contributed by atoms with Gasteiger partial charge in [0.25, 0.3) is 0 Å². The van der Waals surface area contributed by atoms with Gasteiger partial charge in [-0.15, -0.1) is 0 Å². The van der Waals surface area contributed by atoms with Crippen LogP contribution >= 0.6 is 0 Å². The average Bonchev–Trinajstić information content (AvgIpc) is 3.25. The summed E-state index contributed by atoms with van der Waals surface area (Å²) < 4.78 is 0. The molecule has 1 aliphatic carbocycles. The normalized spacial score (nSPS) is 25.1. The van der Waals surface area contributed by atoms with E-state index in [0.29, 0.717) is 23.9 Å². The number of fused-ring (bicyclic) bond motifs is 1. The summed E-state index contributed by atoms with van der Waals surface area (Å²) in [6.07, 6.45) is 9.75. The summed E-state index contributed by atoms with van der Waals surface area (Å²) in [5.74, 6) is 2.41. The van der Waals surface area contributed by atoms with E-state index in [9.17, 15) is 4.79 Å². The molecule has 4 rings (SSSR count). The van der Waals surface area contributed by atoms with Crippen molar-refractivity contribution in [3.8, 4) is 0 Å². The van der Waals surface area contributed by atoms with Gasteiger partial charge in [0.2, 0.25) is 11.9 Å². The zero-order chi connectivity index (χ0) is 19.7. The molecule has 3 heterocycles. The Morgan fingerprint density at radius 3 is 2.64 bits per heavy atom. The first-order chi connectivity index (χ1) is 13.6. The summed E-state index contributed by atoms with van der Waals surface area (Å²) in [4.78, 5) is 26.5. The van der Waals surface area contributed by atoms with Crippen LogP contribution in [0.25, 0.3) is 0 Å². The van der Waals surface area contributed by atoms with Crippen LogP contribution in [0.3, 0.4) is 0 Å². The number of likely N-dealkylation sites (N-methyl/N-ethyl adjacent to an activating group) is 1. The lowest BCUT2D eigenvalue weighted by Crippen LogP contribution is -2.55. The number of aromatic nitrogens is 2. The fraction of sp³-hybridized carbons (Fsp3) is 0.762. The third kappa shape index (κ3) is 3.56. The Kier molecular flexibility index (Phi) is 5.71. The van der Waals surface area contributed by atoms with Gasteiger partial charge in [0.05, 0.1) is 6.20 Å². The molecule has 7 nitrogen and oxygen atoms in total. The van der Waals surface area contributed by atoms with Crippen LogP contribution in [0.5, 0.6) is 0 Å². The first-order valence-corrected chi connectivity index (χ1v) is 11.0. The molecule has 2 N–H and O–H groups in total. The van der Waals surface area contributed by atoms with Crippen molar-refractivity contribution < 1.29 is 4.79 Å². The molecule has 154 valence electrons. The lowest BCUT2D eigenvalue weighted by Gasteiger charge is -2.43. The molecule has 0 bridgehead atoms. The maximum absolute atomic E-state index is 13.0. The zero-order valence-corrected chi connectivity index (χ0v) is 17.4. The van der Waals surface area contributed by atoms with Gasteiger partial charge in [0, 0.05) is 19.1 Å². The average molecular weight is 387 g/mol. The summed E-state index contributed by atoms with van der Waals surface area (Å²) in [5, 5.41) is 6.98. The maximum atomic E-state index is 13.0. The van der Waals surface area contributed by atoms with Crippen molar-refractivity contribution in [2.45, 2.75) is 76.9 Å². The molecule has 7 heteroatoms. The first kappa shape index (κ1) is 19.4. The predicted molar refractivity (Wildman–Crippen MR) is 113 cm³/mol. The third-order valence-corrected chi connectivity index (χ3v) is 6.86. The fourth-order valence-corrected chi connectivity index (χ4v) is 5.12. The molecule has 1 amide bonds. The van der Waals surface area contributed by atoms with E-state index in [-0.39, 0.29) is 11.9 Å². The number of carbonyl (C=O) groups is 1. The van der Waals surface area contributed by atoms with E-state index in [2.05, 4.69) is 34.4 Å². The van der Waals surface area contributed by atoms with Gasteiger partial charge in [-0.25, -0.2) is 4.98 Å². The highest BCUT2D eigenvalue weighted by Gasteiger charge is 2.41. The van der Waals surface area contributed by atoms with Gasteiger partial charge in [0.1, 0.15) is 11.7 Å². The minimum atomic E-state index is -0.120. The molecule has 0 unspecified atom stereocenters. The van der Waals surface area contributed by atoms with E-state index in [1.807, 2.05) is 13.2 Å². The molecule has 28 heavy (non-hydrogen) atoms. The molecule has 2 fully saturated rings. The highest BCUT2D eigenvalue weighted by molar-refractivity contribution is 6.04.